The number of carbonyl (C=O) groups is 1. The van der Waals surface area contributed by atoms with E-state index in [0.29, 0.717) is 5.16 Å². The van der Waals surface area contributed by atoms with E-state index in [2.05, 4.69) is 5.32 Å². The molecule has 0 saturated heterocycles. The highest BCUT2D eigenvalue weighted by Gasteiger charge is 2.15. The fourth-order valence-electron chi connectivity index (χ4n) is 3.32. The summed E-state index contributed by atoms with van der Waals surface area (Å²) < 4.78 is 15.9. The van der Waals surface area contributed by atoms with E-state index in [0.717, 1.165) is 33.6 Å². The van der Waals surface area contributed by atoms with E-state index in [9.17, 15) is 9.18 Å². The summed E-state index contributed by atoms with van der Waals surface area (Å²) in [6.45, 7) is 0. The van der Waals surface area contributed by atoms with Crippen LogP contribution in [0.15, 0.2) is 71.9 Å². The second-order valence-corrected chi connectivity index (χ2v) is 8.01. The van der Waals surface area contributed by atoms with Crippen LogP contribution >= 0.6 is 23.4 Å². The summed E-state index contributed by atoms with van der Waals surface area (Å²) in [5.74, 6) is -0.851. The summed E-state index contributed by atoms with van der Waals surface area (Å²) in [6, 6.07) is 19.7. The van der Waals surface area contributed by atoms with Crippen LogP contribution in [0, 0.1) is 5.82 Å². The Balaban J connectivity index is 1.51. The third kappa shape index (κ3) is 3.36. The number of amides is 1. The summed E-state index contributed by atoms with van der Waals surface area (Å²) in [4.78, 5) is 22.0. The average Bonchev–Trinajstić information content (AvgIpc) is 3.14. The molecule has 0 radical (unpaired) electrons. The summed E-state index contributed by atoms with van der Waals surface area (Å²) >= 11 is 7.03. The minimum atomic E-state index is -0.576. The standard InChI is InChI=1S/C22H14ClFN4OS/c23-13-9-10-17(15(24)11-13)25-20(29)12-30-22-27-16-6-2-1-5-14(16)21-26-18-7-3-4-8-19(18)28(21)22/h1-11H,12H2,(H,25,29). The van der Waals surface area contributed by atoms with Gasteiger partial charge in [-0.3, -0.25) is 9.20 Å². The largest absolute Gasteiger partial charge is 0.323 e. The molecular weight excluding hydrogens is 423 g/mol. The molecule has 0 saturated carbocycles. The number of carbonyl (C=O) groups excluding carboxylic acids is 1. The van der Waals surface area contributed by atoms with Crippen LogP contribution in [0.1, 0.15) is 0 Å². The Hall–Kier alpha value is -3.16. The average molecular weight is 437 g/mol. The van der Waals surface area contributed by atoms with Gasteiger partial charge in [0.05, 0.1) is 28.0 Å². The SMILES string of the molecule is O=C(CSc1nc2ccccc2c2nc3ccccc3n12)Nc1ccc(Cl)cc1F. The first-order valence-electron chi connectivity index (χ1n) is 9.14. The van der Waals surface area contributed by atoms with E-state index < -0.39 is 5.82 Å². The number of hydrogen-bond donors (Lipinski definition) is 1. The van der Waals surface area contributed by atoms with Crippen molar-refractivity contribution in [3.63, 3.8) is 0 Å². The van der Waals surface area contributed by atoms with Gasteiger partial charge in [0.25, 0.3) is 0 Å². The van der Waals surface area contributed by atoms with Gasteiger partial charge in [0.1, 0.15) is 11.5 Å². The summed E-state index contributed by atoms with van der Waals surface area (Å²) in [7, 11) is 0. The lowest BCUT2D eigenvalue weighted by molar-refractivity contribution is -0.113. The Morgan fingerprint density at radius 3 is 2.63 bits per heavy atom. The van der Waals surface area contributed by atoms with Gasteiger partial charge in [-0.05, 0) is 42.5 Å². The lowest BCUT2D eigenvalue weighted by Crippen LogP contribution is -2.15. The molecule has 1 N–H and O–H groups in total. The van der Waals surface area contributed by atoms with Gasteiger partial charge in [-0.15, -0.1) is 0 Å². The van der Waals surface area contributed by atoms with Gasteiger partial charge in [-0.1, -0.05) is 47.6 Å². The van der Waals surface area contributed by atoms with Gasteiger partial charge in [-0.2, -0.15) is 0 Å². The van der Waals surface area contributed by atoms with Crippen molar-refractivity contribution in [2.75, 3.05) is 11.1 Å². The summed E-state index contributed by atoms with van der Waals surface area (Å²) in [6.07, 6.45) is 0. The number of fused-ring (bicyclic) bond motifs is 5. The van der Waals surface area contributed by atoms with Crippen molar-refractivity contribution in [2.24, 2.45) is 0 Å². The van der Waals surface area contributed by atoms with Gasteiger partial charge in [-0.25, -0.2) is 14.4 Å². The molecule has 0 bridgehead atoms. The molecule has 0 unspecified atom stereocenters. The van der Waals surface area contributed by atoms with Crippen LogP contribution in [0.25, 0.3) is 27.6 Å². The van der Waals surface area contributed by atoms with Crippen molar-refractivity contribution in [3.8, 4) is 0 Å². The molecule has 2 heterocycles. The first-order chi connectivity index (χ1) is 14.6. The van der Waals surface area contributed by atoms with Crippen LogP contribution in [-0.2, 0) is 4.79 Å². The molecule has 0 spiro atoms. The van der Waals surface area contributed by atoms with E-state index >= 15 is 0 Å². The molecule has 8 heteroatoms. The third-order valence-electron chi connectivity index (χ3n) is 4.65. The molecule has 0 aliphatic carbocycles. The van der Waals surface area contributed by atoms with Gasteiger partial charge in [0.15, 0.2) is 5.16 Å². The third-order valence-corrected chi connectivity index (χ3v) is 5.82. The molecule has 30 heavy (non-hydrogen) atoms. The van der Waals surface area contributed by atoms with E-state index in [-0.39, 0.29) is 22.4 Å². The number of aromatic nitrogens is 3. The highest BCUT2D eigenvalue weighted by atomic mass is 35.5. The first-order valence-corrected chi connectivity index (χ1v) is 10.5. The van der Waals surface area contributed by atoms with Crippen molar-refractivity contribution in [3.05, 3.63) is 77.6 Å². The number of imidazole rings is 1. The van der Waals surface area contributed by atoms with Crippen molar-refractivity contribution >= 4 is 62.5 Å². The molecule has 5 nitrogen and oxygen atoms in total. The molecule has 3 aromatic carbocycles. The van der Waals surface area contributed by atoms with E-state index in [1.54, 1.807) is 0 Å². The zero-order valence-corrected chi connectivity index (χ0v) is 17.0. The number of thioether (sulfide) groups is 1. The highest BCUT2D eigenvalue weighted by molar-refractivity contribution is 7.99. The van der Waals surface area contributed by atoms with Gasteiger partial charge < -0.3 is 5.32 Å². The zero-order chi connectivity index (χ0) is 20.7. The number of nitrogens with one attached hydrogen (secondary N) is 1. The number of benzene rings is 3. The topological polar surface area (TPSA) is 59.3 Å². The van der Waals surface area contributed by atoms with E-state index in [4.69, 9.17) is 21.6 Å². The lowest BCUT2D eigenvalue weighted by atomic mass is 10.2. The second-order valence-electron chi connectivity index (χ2n) is 6.63. The predicted molar refractivity (Wildman–Crippen MR) is 119 cm³/mol. The minimum absolute atomic E-state index is 0.0645. The Morgan fingerprint density at radius 1 is 1.03 bits per heavy atom. The Kier molecular flexibility index (Phi) is 4.77. The molecule has 1 amide bonds. The monoisotopic (exact) mass is 436 g/mol. The lowest BCUT2D eigenvalue weighted by Gasteiger charge is -2.09. The first kappa shape index (κ1) is 18.8. The van der Waals surface area contributed by atoms with Crippen LogP contribution < -0.4 is 5.32 Å². The number of rotatable bonds is 4. The van der Waals surface area contributed by atoms with Crippen LogP contribution in [-0.4, -0.2) is 26.0 Å². The summed E-state index contributed by atoms with van der Waals surface area (Å²) in [5.41, 5.74) is 3.44. The van der Waals surface area contributed by atoms with E-state index in [1.807, 2.05) is 52.9 Å². The maximum absolute atomic E-state index is 14.0. The fourth-order valence-corrected chi connectivity index (χ4v) is 4.29. The maximum atomic E-state index is 14.0. The van der Waals surface area contributed by atoms with Crippen molar-refractivity contribution < 1.29 is 9.18 Å². The van der Waals surface area contributed by atoms with Crippen molar-refractivity contribution in [2.45, 2.75) is 5.16 Å². The maximum Gasteiger partial charge on any atom is 0.234 e. The van der Waals surface area contributed by atoms with Gasteiger partial charge >= 0.3 is 0 Å². The Labute approximate surface area is 179 Å². The zero-order valence-electron chi connectivity index (χ0n) is 15.5. The Bertz CT molecular complexity index is 1440. The molecule has 0 aliphatic rings. The van der Waals surface area contributed by atoms with Gasteiger partial charge in [0, 0.05) is 10.4 Å². The fraction of sp³-hybridized carbons (Fsp3) is 0.0455. The van der Waals surface area contributed by atoms with E-state index in [1.165, 1.54) is 23.9 Å². The van der Waals surface area contributed by atoms with Crippen molar-refractivity contribution in [1.82, 2.24) is 14.4 Å². The quantitative estimate of drug-likeness (QED) is 0.296. The minimum Gasteiger partial charge on any atom is -0.323 e. The molecule has 5 rings (SSSR count). The van der Waals surface area contributed by atoms with Crippen molar-refractivity contribution in [1.29, 1.82) is 0 Å². The molecule has 2 aromatic heterocycles. The number of hydrogen-bond acceptors (Lipinski definition) is 4. The number of anilines is 1. The number of halogens is 2. The van der Waals surface area contributed by atoms with Crippen LogP contribution in [0.3, 0.4) is 0 Å². The molecular formula is C22H14ClFN4OS. The molecule has 148 valence electrons. The summed E-state index contributed by atoms with van der Waals surface area (Å²) in [5, 5.41) is 4.43. The second kappa shape index (κ2) is 7.59. The molecule has 5 aromatic rings. The van der Waals surface area contributed by atoms with Crippen LogP contribution in [0.4, 0.5) is 10.1 Å². The molecule has 0 atom stereocenters. The highest BCUT2D eigenvalue weighted by Crippen LogP contribution is 2.29. The Morgan fingerprint density at radius 2 is 1.80 bits per heavy atom. The van der Waals surface area contributed by atoms with Crippen LogP contribution in [0.2, 0.25) is 5.02 Å². The van der Waals surface area contributed by atoms with Crippen LogP contribution in [0.5, 0.6) is 0 Å². The van der Waals surface area contributed by atoms with Gasteiger partial charge in [0.2, 0.25) is 5.91 Å². The normalized spacial score (nSPS) is 11.4. The smallest absolute Gasteiger partial charge is 0.234 e. The molecule has 0 aliphatic heterocycles. The number of nitrogens with zero attached hydrogens (tertiary/aromatic N) is 3. The predicted octanol–water partition coefficient (Wildman–Crippen LogP) is 5.56. The number of para-hydroxylation sites is 3. The molecule has 0 fully saturated rings.